The number of hydrogen-bond donors (Lipinski definition) is 1. The number of benzene rings is 2. The first-order chi connectivity index (χ1) is 15.0. The summed E-state index contributed by atoms with van der Waals surface area (Å²) >= 11 is 0. The van der Waals surface area contributed by atoms with Gasteiger partial charge in [0.15, 0.2) is 0 Å². The molecule has 5 heteroatoms. The van der Waals surface area contributed by atoms with Gasteiger partial charge in [-0.15, -0.1) is 0 Å². The molecule has 1 aliphatic heterocycles. The second-order valence-electron chi connectivity index (χ2n) is 9.09. The molecule has 2 atom stereocenters. The van der Waals surface area contributed by atoms with Crippen LogP contribution in [0, 0.1) is 25.6 Å². The van der Waals surface area contributed by atoms with Crippen molar-refractivity contribution in [3.8, 4) is 11.1 Å². The molecule has 2 aromatic carbocycles. The Morgan fingerprint density at radius 2 is 1.84 bits per heavy atom. The van der Waals surface area contributed by atoms with Crippen LogP contribution < -0.4 is 0 Å². The summed E-state index contributed by atoms with van der Waals surface area (Å²) in [5, 5.41) is 7.24. The molecule has 1 aliphatic carbocycles. The van der Waals surface area contributed by atoms with Crippen LogP contribution >= 0.6 is 0 Å². The number of halogens is 1. The quantitative estimate of drug-likeness (QED) is 0.664. The van der Waals surface area contributed by atoms with Gasteiger partial charge in [-0.1, -0.05) is 24.3 Å². The standard InChI is InChI=1S/C26H28FN3O/c1-16-11-20(18-3-5-22(27)6-4-18)12-17(2)24(16)14-19-9-10-30(26(19)31)23-7-8-25-21(13-23)15-28-29-25/h3-6,11-12,15,19,23H,7-10,13-14H2,1-2H3,(H,28,29). The summed E-state index contributed by atoms with van der Waals surface area (Å²) in [6.07, 6.45) is 6.52. The van der Waals surface area contributed by atoms with Gasteiger partial charge >= 0.3 is 0 Å². The summed E-state index contributed by atoms with van der Waals surface area (Å²) in [7, 11) is 0. The number of carbonyl (C=O) groups is 1. The Balaban J connectivity index is 1.31. The lowest BCUT2D eigenvalue weighted by Crippen LogP contribution is -2.41. The van der Waals surface area contributed by atoms with Gasteiger partial charge < -0.3 is 4.90 Å². The third kappa shape index (κ3) is 3.78. The van der Waals surface area contributed by atoms with Gasteiger partial charge in [-0.3, -0.25) is 9.89 Å². The lowest BCUT2D eigenvalue weighted by molar-refractivity contribution is -0.133. The number of nitrogens with one attached hydrogen (secondary N) is 1. The molecule has 160 valence electrons. The number of H-pyrrole nitrogens is 1. The lowest BCUT2D eigenvalue weighted by atomic mass is 9.89. The maximum absolute atomic E-state index is 13.3. The molecular weight excluding hydrogens is 389 g/mol. The van der Waals surface area contributed by atoms with Gasteiger partial charge in [-0.25, -0.2) is 4.39 Å². The molecule has 1 saturated heterocycles. The fraction of sp³-hybridized carbons (Fsp3) is 0.385. The van der Waals surface area contributed by atoms with Gasteiger partial charge in [0.1, 0.15) is 5.82 Å². The molecule has 2 unspecified atom stereocenters. The van der Waals surface area contributed by atoms with Gasteiger partial charge in [-0.05, 0) is 91.5 Å². The fourth-order valence-electron chi connectivity index (χ4n) is 5.35. The third-order valence-corrected chi connectivity index (χ3v) is 7.11. The maximum atomic E-state index is 13.3. The highest BCUT2D eigenvalue weighted by atomic mass is 19.1. The molecule has 0 bridgehead atoms. The van der Waals surface area contributed by atoms with Crippen molar-refractivity contribution in [3.63, 3.8) is 0 Å². The molecule has 4 nitrogen and oxygen atoms in total. The van der Waals surface area contributed by atoms with E-state index in [1.54, 1.807) is 0 Å². The maximum Gasteiger partial charge on any atom is 0.226 e. The highest BCUT2D eigenvalue weighted by Crippen LogP contribution is 2.32. The molecule has 3 aromatic rings. The van der Waals surface area contributed by atoms with E-state index >= 15 is 0 Å². The van der Waals surface area contributed by atoms with E-state index in [-0.39, 0.29) is 11.7 Å². The summed E-state index contributed by atoms with van der Waals surface area (Å²) in [6, 6.07) is 11.2. The number of nitrogens with zero attached hydrogens (tertiary/aromatic N) is 2. The van der Waals surface area contributed by atoms with Crippen LogP contribution in [0.2, 0.25) is 0 Å². The van der Waals surface area contributed by atoms with Crippen molar-refractivity contribution >= 4 is 5.91 Å². The molecule has 0 radical (unpaired) electrons. The second-order valence-corrected chi connectivity index (χ2v) is 9.09. The lowest BCUT2D eigenvalue weighted by Gasteiger charge is -2.31. The number of aryl methyl sites for hydroxylation is 3. The molecule has 2 aliphatic rings. The first-order valence-electron chi connectivity index (χ1n) is 11.2. The van der Waals surface area contributed by atoms with Gasteiger partial charge in [0.2, 0.25) is 5.91 Å². The zero-order valence-corrected chi connectivity index (χ0v) is 18.1. The minimum absolute atomic E-state index is 0.0554. The SMILES string of the molecule is Cc1cc(-c2ccc(F)cc2)cc(C)c1CC1CCN(C2CCc3[nH]ncc3C2)C1=O. The second kappa shape index (κ2) is 7.95. The summed E-state index contributed by atoms with van der Waals surface area (Å²) in [4.78, 5) is 15.4. The van der Waals surface area contributed by atoms with Crippen molar-refractivity contribution in [1.82, 2.24) is 15.1 Å². The zero-order valence-electron chi connectivity index (χ0n) is 18.1. The highest BCUT2D eigenvalue weighted by molar-refractivity contribution is 5.82. The number of aromatic nitrogens is 2. The van der Waals surface area contributed by atoms with Crippen LogP contribution in [0.5, 0.6) is 0 Å². The van der Waals surface area contributed by atoms with Crippen molar-refractivity contribution in [2.45, 2.75) is 52.0 Å². The number of hydrogen-bond acceptors (Lipinski definition) is 2. The molecule has 1 amide bonds. The number of rotatable bonds is 4. The average Bonchev–Trinajstić information content (AvgIpc) is 3.37. The molecular formula is C26H28FN3O. The summed E-state index contributed by atoms with van der Waals surface area (Å²) in [5.74, 6) is 0.137. The van der Waals surface area contributed by atoms with Gasteiger partial charge in [-0.2, -0.15) is 5.10 Å². The monoisotopic (exact) mass is 417 g/mol. The third-order valence-electron chi connectivity index (χ3n) is 7.11. The van der Waals surface area contributed by atoms with Crippen LogP contribution in [0.3, 0.4) is 0 Å². The molecule has 31 heavy (non-hydrogen) atoms. The average molecular weight is 418 g/mol. The fourth-order valence-corrected chi connectivity index (χ4v) is 5.35. The Labute approximate surface area is 182 Å². The van der Waals surface area contributed by atoms with E-state index in [1.165, 1.54) is 40.1 Å². The predicted octanol–water partition coefficient (Wildman–Crippen LogP) is 4.78. The van der Waals surface area contributed by atoms with E-state index in [0.717, 1.165) is 49.8 Å². The van der Waals surface area contributed by atoms with Crippen LogP contribution in [-0.4, -0.2) is 33.6 Å². The van der Waals surface area contributed by atoms with Crippen LogP contribution in [0.15, 0.2) is 42.6 Å². The van der Waals surface area contributed by atoms with Gasteiger partial charge in [0, 0.05) is 24.2 Å². The Hall–Kier alpha value is -2.95. The zero-order chi connectivity index (χ0) is 21.5. The van der Waals surface area contributed by atoms with Gasteiger partial charge in [0.25, 0.3) is 0 Å². The number of amides is 1. The van der Waals surface area contributed by atoms with E-state index in [9.17, 15) is 9.18 Å². The first-order valence-corrected chi connectivity index (χ1v) is 11.2. The molecule has 2 heterocycles. The van der Waals surface area contributed by atoms with Crippen molar-refractivity contribution < 1.29 is 9.18 Å². The minimum Gasteiger partial charge on any atom is -0.339 e. The molecule has 5 rings (SSSR count). The topological polar surface area (TPSA) is 49.0 Å². The first kappa shape index (κ1) is 20.0. The van der Waals surface area contributed by atoms with E-state index in [1.807, 2.05) is 18.3 Å². The van der Waals surface area contributed by atoms with E-state index < -0.39 is 0 Å². The Bertz CT molecular complexity index is 1090. The van der Waals surface area contributed by atoms with Crippen LogP contribution in [-0.2, 0) is 24.1 Å². The largest absolute Gasteiger partial charge is 0.339 e. The molecule has 1 fully saturated rings. The van der Waals surface area contributed by atoms with Crippen LogP contribution in [0.25, 0.3) is 11.1 Å². The van der Waals surface area contributed by atoms with E-state index in [4.69, 9.17) is 0 Å². The minimum atomic E-state index is -0.222. The smallest absolute Gasteiger partial charge is 0.226 e. The van der Waals surface area contributed by atoms with Crippen molar-refractivity contribution in [1.29, 1.82) is 0 Å². The highest BCUT2D eigenvalue weighted by Gasteiger charge is 2.37. The van der Waals surface area contributed by atoms with Gasteiger partial charge in [0.05, 0.1) is 6.20 Å². The van der Waals surface area contributed by atoms with Crippen LogP contribution in [0.1, 0.15) is 40.8 Å². The number of fused-ring (bicyclic) bond motifs is 1. The van der Waals surface area contributed by atoms with E-state index in [0.29, 0.717) is 11.9 Å². The summed E-state index contributed by atoms with van der Waals surface area (Å²) < 4.78 is 13.3. The Morgan fingerprint density at radius 1 is 1.10 bits per heavy atom. The normalized spacial score (nSPS) is 20.9. The molecule has 1 N–H and O–H groups in total. The molecule has 1 aromatic heterocycles. The summed E-state index contributed by atoms with van der Waals surface area (Å²) in [5.41, 5.74) is 8.27. The molecule has 0 spiro atoms. The number of likely N-dealkylation sites (tertiary alicyclic amines) is 1. The van der Waals surface area contributed by atoms with E-state index in [2.05, 4.69) is 41.1 Å². The Morgan fingerprint density at radius 3 is 2.58 bits per heavy atom. The van der Waals surface area contributed by atoms with Crippen molar-refractivity contribution in [2.24, 2.45) is 5.92 Å². The number of carbonyl (C=O) groups excluding carboxylic acids is 1. The molecule has 0 saturated carbocycles. The van der Waals surface area contributed by atoms with Crippen molar-refractivity contribution in [2.75, 3.05) is 6.54 Å². The van der Waals surface area contributed by atoms with Crippen LogP contribution in [0.4, 0.5) is 4.39 Å². The predicted molar refractivity (Wildman–Crippen MR) is 119 cm³/mol. The van der Waals surface area contributed by atoms with Crippen molar-refractivity contribution in [3.05, 3.63) is 76.4 Å². The number of aromatic amines is 1. The Kier molecular flexibility index (Phi) is 5.12. The summed E-state index contributed by atoms with van der Waals surface area (Å²) in [6.45, 7) is 5.09.